The lowest BCUT2D eigenvalue weighted by Gasteiger charge is -2.15. The minimum atomic E-state index is -0.0661. The highest BCUT2D eigenvalue weighted by molar-refractivity contribution is 6.30. The van der Waals surface area contributed by atoms with Crippen molar-refractivity contribution in [1.29, 1.82) is 0 Å². The number of likely N-dealkylation sites (tertiary alicyclic amines) is 1. The van der Waals surface area contributed by atoms with Crippen molar-refractivity contribution in [3.05, 3.63) is 46.6 Å². The van der Waals surface area contributed by atoms with Gasteiger partial charge in [0.2, 0.25) is 5.89 Å². The van der Waals surface area contributed by atoms with E-state index in [4.69, 9.17) is 16.1 Å². The molecule has 0 amide bonds. The predicted molar refractivity (Wildman–Crippen MR) is 87.1 cm³/mol. The quantitative estimate of drug-likeness (QED) is 0.857. The average Bonchev–Trinajstić information content (AvgIpc) is 3.09. The van der Waals surface area contributed by atoms with E-state index >= 15 is 0 Å². The molecule has 1 saturated heterocycles. The molecule has 1 aromatic heterocycles. The van der Waals surface area contributed by atoms with Gasteiger partial charge < -0.3 is 4.52 Å². The second kappa shape index (κ2) is 6.01. The number of nitrogens with zero attached hydrogens (tertiary/aromatic N) is 3. The molecule has 1 atom stereocenters. The Kier molecular flexibility index (Phi) is 4.24. The molecule has 0 bridgehead atoms. The second-order valence-electron chi connectivity index (χ2n) is 7.05. The van der Waals surface area contributed by atoms with E-state index in [1.165, 1.54) is 5.56 Å². The van der Waals surface area contributed by atoms with Gasteiger partial charge in [-0.25, -0.2) is 0 Å². The van der Waals surface area contributed by atoms with Gasteiger partial charge in [0.1, 0.15) is 0 Å². The topological polar surface area (TPSA) is 42.2 Å². The Balaban J connectivity index is 1.62. The number of aromatic nitrogens is 2. The maximum absolute atomic E-state index is 5.93. The molecule has 0 N–H and O–H groups in total. The predicted octanol–water partition coefficient (Wildman–Crippen LogP) is 4.01. The molecule has 0 aliphatic carbocycles. The largest absolute Gasteiger partial charge is 0.339 e. The third-order valence-electron chi connectivity index (χ3n) is 4.05. The zero-order valence-electron chi connectivity index (χ0n) is 13.3. The van der Waals surface area contributed by atoms with E-state index in [0.717, 1.165) is 42.8 Å². The van der Waals surface area contributed by atoms with Crippen LogP contribution in [-0.4, -0.2) is 28.1 Å². The van der Waals surface area contributed by atoms with E-state index in [9.17, 15) is 0 Å². The molecule has 2 heterocycles. The fraction of sp³-hybridized carbons (Fsp3) is 0.529. The van der Waals surface area contributed by atoms with Crippen LogP contribution >= 0.6 is 11.6 Å². The number of halogens is 1. The minimum absolute atomic E-state index is 0.0661. The normalized spacial score (nSPS) is 19.7. The van der Waals surface area contributed by atoms with Crippen molar-refractivity contribution in [2.75, 3.05) is 13.1 Å². The molecule has 3 rings (SSSR count). The first-order chi connectivity index (χ1) is 10.4. The molecule has 1 aliphatic rings. The Labute approximate surface area is 136 Å². The van der Waals surface area contributed by atoms with E-state index < -0.39 is 0 Å². The van der Waals surface area contributed by atoms with Crippen LogP contribution in [0.25, 0.3) is 0 Å². The third kappa shape index (κ3) is 3.50. The first-order valence-corrected chi connectivity index (χ1v) is 8.10. The van der Waals surface area contributed by atoms with E-state index in [2.05, 4.69) is 47.9 Å². The van der Waals surface area contributed by atoms with Crippen molar-refractivity contribution in [3.8, 4) is 0 Å². The summed E-state index contributed by atoms with van der Waals surface area (Å²) in [5.41, 5.74) is 1.22. The molecular weight excluding hydrogens is 298 g/mol. The Bertz CT molecular complexity index is 630. The molecule has 0 radical (unpaired) electrons. The van der Waals surface area contributed by atoms with Crippen LogP contribution in [0.5, 0.6) is 0 Å². The first-order valence-electron chi connectivity index (χ1n) is 7.73. The van der Waals surface area contributed by atoms with Gasteiger partial charge in [0.05, 0.1) is 5.92 Å². The summed E-state index contributed by atoms with van der Waals surface area (Å²) in [5.74, 6) is 1.91. The lowest BCUT2D eigenvalue weighted by molar-refractivity contribution is 0.307. The molecular formula is C17H22ClN3O. The van der Waals surface area contributed by atoms with Crippen LogP contribution in [-0.2, 0) is 12.0 Å². The molecule has 1 unspecified atom stereocenters. The van der Waals surface area contributed by atoms with Gasteiger partial charge in [-0.1, -0.05) is 49.7 Å². The van der Waals surface area contributed by atoms with E-state index in [-0.39, 0.29) is 5.41 Å². The fourth-order valence-electron chi connectivity index (χ4n) is 2.73. The van der Waals surface area contributed by atoms with Crippen LogP contribution in [0, 0.1) is 0 Å². The molecule has 4 nitrogen and oxygen atoms in total. The van der Waals surface area contributed by atoms with E-state index in [0.29, 0.717) is 5.92 Å². The maximum atomic E-state index is 5.93. The molecule has 5 heteroatoms. The van der Waals surface area contributed by atoms with Crippen LogP contribution in [0.3, 0.4) is 0 Å². The van der Waals surface area contributed by atoms with Gasteiger partial charge in [-0.3, -0.25) is 4.90 Å². The maximum Gasteiger partial charge on any atom is 0.231 e. The molecule has 118 valence electrons. The smallest absolute Gasteiger partial charge is 0.231 e. The summed E-state index contributed by atoms with van der Waals surface area (Å²) in [6, 6.07) is 8.05. The Morgan fingerprint density at radius 3 is 2.64 bits per heavy atom. The molecule has 0 saturated carbocycles. The lowest BCUT2D eigenvalue weighted by atomic mass is 9.96. The summed E-state index contributed by atoms with van der Waals surface area (Å²) in [6.07, 6.45) is 1.07. The number of rotatable bonds is 3. The summed E-state index contributed by atoms with van der Waals surface area (Å²) < 4.78 is 5.48. The van der Waals surface area contributed by atoms with E-state index in [1.807, 2.05) is 12.1 Å². The molecule has 22 heavy (non-hydrogen) atoms. The number of hydrogen-bond donors (Lipinski definition) is 0. The highest BCUT2D eigenvalue weighted by Gasteiger charge is 2.30. The third-order valence-corrected chi connectivity index (χ3v) is 4.31. The monoisotopic (exact) mass is 319 g/mol. The van der Waals surface area contributed by atoms with Gasteiger partial charge in [0.15, 0.2) is 5.82 Å². The van der Waals surface area contributed by atoms with Gasteiger partial charge in [-0.2, -0.15) is 4.98 Å². The van der Waals surface area contributed by atoms with Gasteiger partial charge in [0, 0.05) is 23.5 Å². The van der Waals surface area contributed by atoms with Crippen molar-refractivity contribution in [2.24, 2.45) is 0 Å². The average molecular weight is 320 g/mol. The summed E-state index contributed by atoms with van der Waals surface area (Å²) in [4.78, 5) is 7.02. The fourth-order valence-corrected chi connectivity index (χ4v) is 2.86. The number of hydrogen-bond acceptors (Lipinski definition) is 4. The molecule has 2 aromatic rings. The zero-order chi connectivity index (χ0) is 15.7. The van der Waals surface area contributed by atoms with Crippen LogP contribution in [0.15, 0.2) is 28.8 Å². The highest BCUT2D eigenvalue weighted by atomic mass is 35.5. The Hall–Kier alpha value is -1.39. The number of benzene rings is 1. The second-order valence-corrected chi connectivity index (χ2v) is 7.49. The Morgan fingerprint density at radius 1 is 1.27 bits per heavy atom. The van der Waals surface area contributed by atoms with Crippen molar-refractivity contribution < 1.29 is 4.52 Å². The van der Waals surface area contributed by atoms with E-state index in [1.54, 1.807) is 0 Å². The van der Waals surface area contributed by atoms with Crippen LogP contribution in [0.1, 0.15) is 50.4 Å². The van der Waals surface area contributed by atoms with Gasteiger partial charge >= 0.3 is 0 Å². The summed E-state index contributed by atoms with van der Waals surface area (Å²) in [7, 11) is 0. The van der Waals surface area contributed by atoms with Crippen molar-refractivity contribution in [3.63, 3.8) is 0 Å². The van der Waals surface area contributed by atoms with Gasteiger partial charge in [-0.05, 0) is 30.7 Å². The van der Waals surface area contributed by atoms with Crippen LogP contribution in [0.4, 0.5) is 0 Å². The Morgan fingerprint density at radius 2 is 2.00 bits per heavy atom. The first kappa shape index (κ1) is 15.5. The van der Waals surface area contributed by atoms with Crippen LogP contribution < -0.4 is 0 Å². The molecule has 1 fully saturated rings. The van der Waals surface area contributed by atoms with Crippen molar-refractivity contribution in [2.45, 2.75) is 45.1 Å². The molecule has 1 aromatic carbocycles. The van der Waals surface area contributed by atoms with Gasteiger partial charge in [-0.15, -0.1) is 0 Å². The highest BCUT2D eigenvalue weighted by Crippen LogP contribution is 2.29. The zero-order valence-corrected chi connectivity index (χ0v) is 14.1. The summed E-state index contributed by atoms with van der Waals surface area (Å²) in [5, 5.41) is 4.91. The standard InChI is InChI=1S/C17H22ClN3O/c1-17(2,3)16-19-15(22-20-16)13-8-9-21(11-13)10-12-4-6-14(18)7-5-12/h4-7,13H,8-11H2,1-3H3. The minimum Gasteiger partial charge on any atom is -0.339 e. The van der Waals surface area contributed by atoms with Crippen molar-refractivity contribution in [1.82, 2.24) is 15.0 Å². The summed E-state index contributed by atoms with van der Waals surface area (Å²) in [6.45, 7) is 9.26. The summed E-state index contributed by atoms with van der Waals surface area (Å²) >= 11 is 5.93. The molecule has 1 aliphatic heterocycles. The lowest BCUT2D eigenvalue weighted by Crippen LogP contribution is -2.19. The van der Waals surface area contributed by atoms with Gasteiger partial charge in [0.25, 0.3) is 0 Å². The van der Waals surface area contributed by atoms with Crippen LogP contribution in [0.2, 0.25) is 5.02 Å². The van der Waals surface area contributed by atoms with Crippen molar-refractivity contribution >= 4 is 11.6 Å². The SMILES string of the molecule is CC(C)(C)c1noc(C2CCN(Cc3ccc(Cl)cc3)C2)n1. The molecule has 0 spiro atoms.